The van der Waals surface area contributed by atoms with Gasteiger partial charge in [-0.1, -0.05) is 39.2 Å². The van der Waals surface area contributed by atoms with Crippen LogP contribution in [0.15, 0.2) is 18.2 Å². The van der Waals surface area contributed by atoms with Crippen molar-refractivity contribution in [1.29, 1.82) is 0 Å². The first-order valence-corrected chi connectivity index (χ1v) is 11.3. The van der Waals surface area contributed by atoms with Crippen molar-refractivity contribution < 1.29 is 9.53 Å². The standard InChI is InChI=1S/C24H36N2O2/c1-4-5-6-19-12-20-8-9-21(13-19)25(20)14-18(3)15-26-22-11-17(2)7-10-23(22)28-16-24(26)27/h7,10-11,18-21H,4-6,8-9,12-16H2,1-3H3/t18?,19?,20-,21+. The van der Waals surface area contributed by atoms with E-state index in [9.17, 15) is 4.79 Å². The molecule has 154 valence electrons. The van der Waals surface area contributed by atoms with Gasteiger partial charge in [0.25, 0.3) is 5.91 Å². The van der Waals surface area contributed by atoms with Crippen LogP contribution in [0.1, 0.15) is 64.4 Å². The van der Waals surface area contributed by atoms with Crippen LogP contribution in [0, 0.1) is 18.8 Å². The van der Waals surface area contributed by atoms with E-state index in [0.29, 0.717) is 5.92 Å². The number of unbranched alkanes of at least 4 members (excludes halogenated alkanes) is 1. The molecule has 3 heterocycles. The van der Waals surface area contributed by atoms with Crippen LogP contribution in [0.3, 0.4) is 0 Å². The Morgan fingerprint density at radius 3 is 2.64 bits per heavy atom. The van der Waals surface area contributed by atoms with Crippen molar-refractivity contribution in [3.8, 4) is 5.75 Å². The van der Waals surface area contributed by atoms with Gasteiger partial charge in [0, 0.05) is 25.2 Å². The Labute approximate surface area is 170 Å². The van der Waals surface area contributed by atoms with Crippen molar-refractivity contribution in [2.75, 3.05) is 24.6 Å². The molecule has 0 aromatic heterocycles. The van der Waals surface area contributed by atoms with E-state index >= 15 is 0 Å². The summed E-state index contributed by atoms with van der Waals surface area (Å²) in [5, 5.41) is 0. The highest BCUT2D eigenvalue weighted by Crippen LogP contribution is 2.41. The van der Waals surface area contributed by atoms with Gasteiger partial charge >= 0.3 is 0 Å². The highest BCUT2D eigenvalue weighted by Gasteiger charge is 2.41. The van der Waals surface area contributed by atoms with Gasteiger partial charge < -0.3 is 9.64 Å². The van der Waals surface area contributed by atoms with Crippen LogP contribution in [-0.4, -0.2) is 42.6 Å². The lowest BCUT2D eigenvalue weighted by Crippen LogP contribution is -2.48. The fraction of sp³-hybridized carbons (Fsp3) is 0.708. The fourth-order valence-electron chi connectivity index (χ4n) is 5.66. The molecule has 0 radical (unpaired) electrons. The Morgan fingerprint density at radius 1 is 1.18 bits per heavy atom. The smallest absolute Gasteiger partial charge is 0.265 e. The maximum Gasteiger partial charge on any atom is 0.265 e. The minimum atomic E-state index is 0.0891. The largest absolute Gasteiger partial charge is 0.482 e. The predicted octanol–water partition coefficient (Wildman–Crippen LogP) is 4.79. The van der Waals surface area contributed by atoms with Gasteiger partial charge in [0.05, 0.1) is 5.69 Å². The lowest BCUT2D eigenvalue weighted by atomic mass is 9.86. The van der Waals surface area contributed by atoms with Crippen molar-refractivity contribution in [3.63, 3.8) is 0 Å². The number of nitrogens with zero attached hydrogens (tertiary/aromatic N) is 2. The average molecular weight is 385 g/mol. The van der Waals surface area contributed by atoms with Crippen molar-refractivity contribution in [2.24, 2.45) is 11.8 Å². The fourth-order valence-corrected chi connectivity index (χ4v) is 5.66. The van der Waals surface area contributed by atoms with E-state index in [1.165, 1.54) is 50.5 Å². The van der Waals surface area contributed by atoms with E-state index in [1.807, 2.05) is 11.0 Å². The Kier molecular flexibility index (Phi) is 5.96. The summed E-state index contributed by atoms with van der Waals surface area (Å²) in [6, 6.07) is 7.69. The number of carbonyl (C=O) groups excluding carboxylic acids is 1. The Bertz CT molecular complexity index is 690. The van der Waals surface area contributed by atoms with Crippen LogP contribution in [0.2, 0.25) is 0 Å². The minimum Gasteiger partial charge on any atom is -0.482 e. The molecule has 4 heteroatoms. The van der Waals surface area contributed by atoms with E-state index in [-0.39, 0.29) is 12.5 Å². The SMILES string of the molecule is CCCCC1C[C@H]2CC[C@@H](C1)N2CC(C)CN1C(=O)COc2ccc(C)cc21. The van der Waals surface area contributed by atoms with Gasteiger partial charge in [-0.3, -0.25) is 9.69 Å². The molecular formula is C24H36N2O2. The van der Waals surface area contributed by atoms with Gasteiger partial charge in [0.15, 0.2) is 6.61 Å². The number of benzene rings is 1. The Hall–Kier alpha value is -1.55. The molecule has 2 saturated heterocycles. The van der Waals surface area contributed by atoms with E-state index in [4.69, 9.17) is 4.74 Å². The van der Waals surface area contributed by atoms with Crippen molar-refractivity contribution in [1.82, 2.24) is 4.90 Å². The van der Waals surface area contributed by atoms with E-state index in [0.717, 1.165) is 42.5 Å². The summed E-state index contributed by atoms with van der Waals surface area (Å²) in [4.78, 5) is 17.3. The number of fused-ring (bicyclic) bond motifs is 3. The summed E-state index contributed by atoms with van der Waals surface area (Å²) in [7, 11) is 0. The first kappa shape index (κ1) is 19.8. The van der Waals surface area contributed by atoms with Crippen molar-refractivity contribution in [2.45, 2.75) is 77.8 Å². The van der Waals surface area contributed by atoms with Crippen LogP contribution in [0.25, 0.3) is 0 Å². The van der Waals surface area contributed by atoms with E-state index < -0.39 is 0 Å². The number of hydrogen-bond acceptors (Lipinski definition) is 3. The second-order valence-electron chi connectivity index (χ2n) is 9.43. The first-order valence-electron chi connectivity index (χ1n) is 11.3. The number of piperidine rings is 1. The van der Waals surface area contributed by atoms with Gasteiger partial charge in [-0.15, -0.1) is 0 Å². The highest BCUT2D eigenvalue weighted by atomic mass is 16.5. The molecule has 3 aliphatic rings. The molecule has 4 atom stereocenters. The normalized spacial score (nSPS) is 28.2. The average Bonchev–Trinajstić information content (AvgIpc) is 2.90. The van der Waals surface area contributed by atoms with Gasteiger partial charge in [-0.05, 0) is 62.1 Å². The van der Waals surface area contributed by atoms with Gasteiger partial charge in [-0.2, -0.15) is 0 Å². The molecule has 0 saturated carbocycles. The van der Waals surface area contributed by atoms with Crippen LogP contribution < -0.4 is 9.64 Å². The number of rotatable bonds is 7. The second kappa shape index (κ2) is 8.44. The molecule has 28 heavy (non-hydrogen) atoms. The summed E-state index contributed by atoms with van der Waals surface area (Å²) in [5.74, 6) is 2.34. The zero-order valence-electron chi connectivity index (χ0n) is 17.8. The van der Waals surface area contributed by atoms with Crippen LogP contribution in [0.4, 0.5) is 5.69 Å². The van der Waals surface area contributed by atoms with Crippen molar-refractivity contribution >= 4 is 11.6 Å². The van der Waals surface area contributed by atoms with Crippen LogP contribution >= 0.6 is 0 Å². The third-order valence-electron chi connectivity index (χ3n) is 7.02. The maximum atomic E-state index is 12.6. The molecule has 4 rings (SSSR count). The van der Waals surface area contributed by atoms with E-state index in [1.54, 1.807) is 0 Å². The first-order chi connectivity index (χ1) is 13.5. The monoisotopic (exact) mass is 384 g/mol. The zero-order chi connectivity index (χ0) is 19.7. The Morgan fingerprint density at radius 2 is 1.93 bits per heavy atom. The Balaban J connectivity index is 1.38. The third-order valence-corrected chi connectivity index (χ3v) is 7.02. The molecule has 3 aliphatic heterocycles. The van der Waals surface area contributed by atoms with Gasteiger partial charge in [0.2, 0.25) is 0 Å². The predicted molar refractivity (Wildman–Crippen MR) is 114 cm³/mol. The summed E-state index contributed by atoms with van der Waals surface area (Å²) in [6.45, 7) is 8.74. The maximum absolute atomic E-state index is 12.6. The number of carbonyl (C=O) groups is 1. The molecular weight excluding hydrogens is 348 g/mol. The summed E-state index contributed by atoms with van der Waals surface area (Å²) < 4.78 is 5.64. The van der Waals surface area contributed by atoms with Crippen LogP contribution in [-0.2, 0) is 4.79 Å². The molecule has 2 bridgehead atoms. The van der Waals surface area contributed by atoms with Gasteiger partial charge in [0.1, 0.15) is 5.75 Å². The quantitative estimate of drug-likeness (QED) is 0.678. The number of amides is 1. The zero-order valence-corrected chi connectivity index (χ0v) is 17.8. The molecule has 2 unspecified atom stereocenters. The highest BCUT2D eigenvalue weighted by molar-refractivity contribution is 5.97. The number of aryl methyl sites for hydroxylation is 1. The van der Waals surface area contributed by atoms with Gasteiger partial charge in [-0.25, -0.2) is 0 Å². The molecule has 4 nitrogen and oxygen atoms in total. The van der Waals surface area contributed by atoms with Crippen LogP contribution in [0.5, 0.6) is 5.75 Å². The molecule has 2 fully saturated rings. The number of ether oxygens (including phenoxy) is 1. The number of anilines is 1. The minimum absolute atomic E-state index is 0.0891. The summed E-state index contributed by atoms with van der Waals surface area (Å²) in [6.07, 6.45) is 9.66. The third kappa shape index (κ3) is 4.07. The van der Waals surface area contributed by atoms with Crippen molar-refractivity contribution in [3.05, 3.63) is 23.8 Å². The molecule has 1 aromatic rings. The molecule has 0 spiro atoms. The number of hydrogen-bond donors (Lipinski definition) is 0. The molecule has 1 amide bonds. The lowest BCUT2D eigenvalue weighted by molar-refractivity contribution is -0.121. The van der Waals surface area contributed by atoms with E-state index in [2.05, 4.69) is 37.8 Å². The molecule has 0 aliphatic carbocycles. The topological polar surface area (TPSA) is 32.8 Å². The molecule has 1 aromatic carbocycles. The molecule has 0 N–H and O–H groups in total. The summed E-state index contributed by atoms with van der Waals surface area (Å²) >= 11 is 0. The second-order valence-corrected chi connectivity index (χ2v) is 9.43. The summed E-state index contributed by atoms with van der Waals surface area (Å²) in [5.41, 5.74) is 2.12. The lowest BCUT2D eigenvalue weighted by Gasteiger charge is -2.41.